The molecule has 1 aromatic heterocycles. The van der Waals surface area contributed by atoms with Gasteiger partial charge in [0.15, 0.2) is 0 Å². The van der Waals surface area contributed by atoms with E-state index in [-0.39, 0.29) is 11.4 Å². The van der Waals surface area contributed by atoms with Gasteiger partial charge in [0.05, 0.1) is 5.56 Å². The Hall–Kier alpha value is -1.25. The number of carbonyl (C=O) groups excluding carboxylic acids is 1. The Bertz CT molecular complexity index is 422. The minimum absolute atomic E-state index is 0.0116. The van der Waals surface area contributed by atoms with Crippen molar-refractivity contribution in [1.82, 2.24) is 9.88 Å². The quantitative estimate of drug-likeness (QED) is 0.840. The molecule has 3 heteroatoms. The zero-order valence-electron chi connectivity index (χ0n) is 12.0. The highest BCUT2D eigenvalue weighted by Crippen LogP contribution is 2.20. The number of carbonyl (C=O) groups is 1. The maximum atomic E-state index is 12.1. The summed E-state index contributed by atoms with van der Waals surface area (Å²) in [6, 6.07) is 2.35. The first-order chi connectivity index (χ1) is 7.63. The molecule has 1 rings (SSSR count). The topological polar surface area (TPSA) is 34.0 Å². The van der Waals surface area contributed by atoms with Gasteiger partial charge in [-0.25, -0.2) is 0 Å². The fourth-order valence-corrected chi connectivity index (χ4v) is 2.21. The van der Waals surface area contributed by atoms with Gasteiger partial charge in [-0.1, -0.05) is 0 Å². The van der Waals surface area contributed by atoms with Crippen molar-refractivity contribution in [3.05, 3.63) is 23.0 Å². The van der Waals surface area contributed by atoms with Crippen LogP contribution < -0.4 is 5.32 Å². The molecule has 0 unspecified atom stereocenters. The summed E-state index contributed by atoms with van der Waals surface area (Å²) in [5, 5.41) is 3.00. The van der Waals surface area contributed by atoms with Crippen LogP contribution in [0.1, 0.15) is 62.4 Å². The van der Waals surface area contributed by atoms with Crippen LogP contribution in [-0.2, 0) is 0 Å². The molecule has 0 aromatic carbocycles. The molecule has 0 atom stereocenters. The summed E-state index contributed by atoms with van der Waals surface area (Å²) in [7, 11) is 0. The van der Waals surface area contributed by atoms with Gasteiger partial charge >= 0.3 is 0 Å². The maximum absolute atomic E-state index is 12.1. The van der Waals surface area contributed by atoms with E-state index in [1.54, 1.807) is 0 Å². The number of aromatic nitrogens is 1. The van der Waals surface area contributed by atoms with Gasteiger partial charge in [-0.15, -0.1) is 0 Å². The van der Waals surface area contributed by atoms with Crippen LogP contribution in [0.25, 0.3) is 0 Å². The minimum atomic E-state index is -0.197. The van der Waals surface area contributed by atoms with E-state index in [0.29, 0.717) is 6.04 Å². The van der Waals surface area contributed by atoms with Crippen molar-refractivity contribution in [2.75, 3.05) is 0 Å². The first-order valence-corrected chi connectivity index (χ1v) is 6.14. The van der Waals surface area contributed by atoms with Gasteiger partial charge in [-0.2, -0.15) is 0 Å². The van der Waals surface area contributed by atoms with Crippen LogP contribution in [0.3, 0.4) is 0 Å². The molecule has 0 bridgehead atoms. The summed E-state index contributed by atoms with van der Waals surface area (Å²) in [5.74, 6) is 0.0116. The number of aryl methyl sites for hydroxylation is 1. The number of hydrogen-bond donors (Lipinski definition) is 1. The van der Waals surface area contributed by atoms with E-state index >= 15 is 0 Å². The fraction of sp³-hybridized carbons (Fsp3) is 0.643. The van der Waals surface area contributed by atoms with E-state index in [4.69, 9.17) is 0 Å². The molecule has 1 N–H and O–H groups in total. The van der Waals surface area contributed by atoms with E-state index in [1.165, 1.54) is 0 Å². The van der Waals surface area contributed by atoms with Crippen LogP contribution in [0.4, 0.5) is 0 Å². The molecule has 1 amide bonds. The van der Waals surface area contributed by atoms with E-state index in [0.717, 1.165) is 17.0 Å². The molecule has 17 heavy (non-hydrogen) atoms. The molecule has 0 radical (unpaired) electrons. The molecule has 3 nitrogen and oxygen atoms in total. The van der Waals surface area contributed by atoms with Crippen molar-refractivity contribution in [1.29, 1.82) is 0 Å². The van der Waals surface area contributed by atoms with Gasteiger partial charge < -0.3 is 9.88 Å². The molecule has 96 valence electrons. The van der Waals surface area contributed by atoms with Crippen molar-refractivity contribution >= 4 is 5.91 Å². The third-order valence-electron chi connectivity index (χ3n) is 2.73. The third kappa shape index (κ3) is 3.11. The molecule has 0 saturated carbocycles. The largest absolute Gasteiger partial charge is 0.347 e. The van der Waals surface area contributed by atoms with Crippen LogP contribution in [0.15, 0.2) is 6.07 Å². The van der Waals surface area contributed by atoms with E-state index < -0.39 is 0 Å². The number of hydrogen-bond acceptors (Lipinski definition) is 1. The Morgan fingerprint density at radius 1 is 1.29 bits per heavy atom. The average Bonchev–Trinajstić information content (AvgIpc) is 2.38. The Kier molecular flexibility index (Phi) is 3.70. The standard InChI is InChI=1S/C14H24N2O/c1-9(2)16-10(3)8-12(11(16)4)13(17)15-14(5,6)7/h8-9H,1-7H3,(H,15,17). The molecular formula is C14H24N2O. The van der Waals surface area contributed by atoms with Crippen molar-refractivity contribution in [2.24, 2.45) is 0 Å². The lowest BCUT2D eigenvalue weighted by atomic mass is 10.1. The molecule has 0 spiro atoms. The van der Waals surface area contributed by atoms with E-state index in [2.05, 4.69) is 23.7 Å². The number of rotatable bonds is 2. The molecule has 0 saturated heterocycles. The zero-order chi connectivity index (χ0) is 13.4. The Morgan fingerprint density at radius 2 is 1.82 bits per heavy atom. The summed E-state index contributed by atoms with van der Waals surface area (Å²) in [4.78, 5) is 12.1. The summed E-state index contributed by atoms with van der Waals surface area (Å²) < 4.78 is 2.19. The Balaban J connectivity index is 3.08. The van der Waals surface area contributed by atoms with Gasteiger partial charge in [-0.3, -0.25) is 4.79 Å². The first kappa shape index (κ1) is 13.8. The summed E-state index contributed by atoms with van der Waals surface area (Å²) in [6.07, 6.45) is 0. The first-order valence-electron chi connectivity index (χ1n) is 6.14. The van der Waals surface area contributed by atoms with Gasteiger partial charge in [0.2, 0.25) is 0 Å². The van der Waals surface area contributed by atoms with Gasteiger partial charge in [-0.05, 0) is 54.5 Å². The minimum Gasteiger partial charge on any atom is -0.347 e. The van der Waals surface area contributed by atoms with Gasteiger partial charge in [0, 0.05) is 23.0 Å². The highest BCUT2D eigenvalue weighted by Gasteiger charge is 2.20. The van der Waals surface area contributed by atoms with Crippen molar-refractivity contribution in [3.8, 4) is 0 Å². The monoisotopic (exact) mass is 236 g/mol. The number of amides is 1. The van der Waals surface area contributed by atoms with Crippen molar-refractivity contribution < 1.29 is 4.79 Å². The number of nitrogens with zero attached hydrogens (tertiary/aromatic N) is 1. The summed E-state index contributed by atoms with van der Waals surface area (Å²) in [6.45, 7) is 14.3. The predicted octanol–water partition coefficient (Wildman–Crippen LogP) is 3.21. The van der Waals surface area contributed by atoms with Crippen LogP contribution in [0, 0.1) is 13.8 Å². The van der Waals surface area contributed by atoms with E-state index in [1.807, 2.05) is 40.7 Å². The Morgan fingerprint density at radius 3 is 2.18 bits per heavy atom. The Labute approximate surface area is 104 Å². The fourth-order valence-electron chi connectivity index (χ4n) is 2.21. The van der Waals surface area contributed by atoms with Crippen LogP contribution in [-0.4, -0.2) is 16.0 Å². The molecule has 0 aliphatic carbocycles. The molecular weight excluding hydrogens is 212 g/mol. The van der Waals surface area contributed by atoms with Crippen LogP contribution in [0.5, 0.6) is 0 Å². The average molecular weight is 236 g/mol. The number of nitrogens with one attached hydrogen (secondary N) is 1. The smallest absolute Gasteiger partial charge is 0.253 e. The second-order valence-electron chi connectivity index (χ2n) is 5.95. The van der Waals surface area contributed by atoms with Crippen LogP contribution in [0.2, 0.25) is 0 Å². The highest BCUT2D eigenvalue weighted by molar-refractivity contribution is 5.96. The predicted molar refractivity (Wildman–Crippen MR) is 71.5 cm³/mol. The second kappa shape index (κ2) is 4.55. The lowest BCUT2D eigenvalue weighted by Gasteiger charge is -2.20. The normalized spacial score (nSPS) is 12.0. The van der Waals surface area contributed by atoms with Gasteiger partial charge in [0.1, 0.15) is 0 Å². The molecule has 1 aromatic rings. The molecule has 1 heterocycles. The zero-order valence-corrected chi connectivity index (χ0v) is 12.0. The van der Waals surface area contributed by atoms with Crippen molar-refractivity contribution in [3.63, 3.8) is 0 Å². The lowest BCUT2D eigenvalue weighted by molar-refractivity contribution is 0.0919. The summed E-state index contributed by atoms with van der Waals surface area (Å²) in [5.41, 5.74) is 2.76. The highest BCUT2D eigenvalue weighted by atomic mass is 16.1. The lowest BCUT2D eigenvalue weighted by Crippen LogP contribution is -2.40. The van der Waals surface area contributed by atoms with Gasteiger partial charge in [0.25, 0.3) is 5.91 Å². The molecule has 0 aliphatic rings. The second-order valence-corrected chi connectivity index (χ2v) is 5.95. The molecule has 0 aliphatic heterocycles. The molecule has 0 fully saturated rings. The third-order valence-corrected chi connectivity index (χ3v) is 2.73. The van der Waals surface area contributed by atoms with Crippen LogP contribution >= 0.6 is 0 Å². The van der Waals surface area contributed by atoms with Crippen molar-refractivity contribution in [2.45, 2.75) is 60.0 Å². The van der Waals surface area contributed by atoms with E-state index in [9.17, 15) is 4.79 Å². The maximum Gasteiger partial charge on any atom is 0.253 e. The SMILES string of the molecule is Cc1cc(C(=O)NC(C)(C)C)c(C)n1C(C)C. The summed E-state index contributed by atoms with van der Waals surface area (Å²) >= 11 is 0.